The van der Waals surface area contributed by atoms with Gasteiger partial charge in [-0.3, -0.25) is 0 Å². The van der Waals surface area contributed by atoms with Crippen molar-refractivity contribution < 1.29 is 4.42 Å². The van der Waals surface area contributed by atoms with Gasteiger partial charge in [0.05, 0.1) is 10.6 Å². The second-order valence-electron chi connectivity index (χ2n) is 2.54. The van der Waals surface area contributed by atoms with Crippen molar-refractivity contribution in [2.45, 2.75) is 0 Å². The van der Waals surface area contributed by atoms with E-state index in [1.807, 2.05) is 0 Å². The van der Waals surface area contributed by atoms with E-state index in [0.29, 0.717) is 27.0 Å². The first-order valence-corrected chi connectivity index (χ1v) is 4.93. The monoisotopic (exact) mass is 241 g/mol. The Kier molecular flexibility index (Phi) is 2.58. The normalized spacial score (nSPS) is 10.5. The molecule has 1 heterocycles. The molecule has 0 fully saturated rings. The molecule has 0 saturated heterocycles. The molecule has 2 aromatic rings. The summed E-state index contributed by atoms with van der Waals surface area (Å²) >= 11 is 11.7. The average Bonchev–Trinajstić information content (AvgIpc) is 2.51. The summed E-state index contributed by atoms with van der Waals surface area (Å²) < 4.78 is 5.15. The molecule has 2 rings (SSSR count). The average molecular weight is 242 g/mol. The van der Waals surface area contributed by atoms with Gasteiger partial charge in [-0.15, -0.1) is 10.2 Å². The SMILES string of the molecule is [Si]c1nnc(-c2ccc(Cl)cc2Cl)o1. The second-order valence-corrected chi connectivity index (χ2v) is 3.81. The molecular weight excluding hydrogens is 239 g/mol. The third-order valence-electron chi connectivity index (χ3n) is 1.59. The Balaban J connectivity index is 2.52. The molecule has 1 aromatic carbocycles. The van der Waals surface area contributed by atoms with Crippen LogP contribution in [-0.4, -0.2) is 20.4 Å². The lowest BCUT2D eigenvalue weighted by atomic mass is 10.2. The van der Waals surface area contributed by atoms with Crippen LogP contribution >= 0.6 is 23.2 Å². The molecule has 0 aliphatic heterocycles. The highest BCUT2D eigenvalue weighted by Gasteiger charge is 2.09. The highest BCUT2D eigenvalue weighted by molar-refractivity contribution is 6.36. The van der Waals surface area contributed by atoms with Crippen LogP contribution in [0, 0.1) is 0 Å². The summed E-state index contributed by atoms with van der Waals surface area (Å²) in [5.74, 6) is 0.358. The Morgan fingerprint density at radius 2 is 2.00 bits per heavy atom. The smallest absolute Gasteiger partial charge is 0.248 e. The van der Waals surface area contributed by atoms with E-state index >= 15 is 0 Å². The highest BCUT2D eigenvalue weighted by Crippen LogP contribution is 2.28. The number of aromatic nitrogens is 2. The zero-order valence-corrected chi connectivity index (χ0v) is 9.30. The van der Waals surface area contributed by atoms with Crippen molar-refractivity contribution in [2.75, 3.05) is 0 Å². The zero-order chi connectivity index (χ0) is 10.1. The van der Waals surface area contributed by atoms with Crippen LogP contribution in [0.3, 0.4) is 0 Å². The molecule has 14 heavy (non-hydrogen) atoms. The van der Waals surface area contributed by atoms with Crippen LogP contribution in [0.1, 0.15) is 0 Å². The van der Waals surface area contributed by atoms with Crippen LogP contribution < -0.4 is 5.51 Å². The lowest BCUT2D eigenvalue weighted by molar-refractivity contribution is 0.605. The van der Waals surface area contributed by atoms with Crippen molar-refractivity contribution in [3.05, 3.63) is 28.2 Å². The molecule has 0 N–H and O–H groups in total. The van der Waals surface area contributed by atoms with Crippen molar-refractivity contribution in [1.82, 2.24) is 10.2 Å². The summed E-state index contributed by atoms with van der Waals surface area (Å²) in [5, 5.41) is 8.49. The van der Waals surface area contributed by atoms with Gasteiger partial charge in [0.25, 0.3) is 0 Å². The Labute approximate surface area is 93.5 Å². The fraction of sp³-hybridized carbons (Fsp3) is 0. The molecule has 0 atom stereocenters. The van der Waals surface area contributed by atoms with Gasteiger partial charge in [-0.05, 0) is 18.2 Å². The van der Waals surface area contributed by atoms with Crippen LogP contribution in [0.4, 0.5) is 0 Å². The molecule has 6 heteroatoms. The predicted molar refractivity (Wildman–Crippen MR) is 55.1 cm³/mol. The fourth-order valence-corrected chi connectivity index (χ4v) is 1.63. The van der Waals surface area contributed by atoms with E-state index in [2.05, 4.69) is 20.4 Å². The number of hydrogen-bond donors (Lipinski definition) is 0. The molecule has 3 nitrogen and oxygen atoms in total. The van der Waals surface area contributed by atoms with E-state index in [0.717, 1.165) is 0 Å². The van der Waals surface area contributed by atoms with Gasteiger partial charge in [0.15, 0.2) is 15.8 Å². The number of rotatable bonds is 1. The third kappa shape index (κ3) is 1.82. The maximum atomic E-state index is 5.95. The zero-order valence-electron chi connectivity index (χ0n) is 6.79. The van der Waals surface area contributed by atoms with Gasteiger partial charge in [0, 0.05) is 5.02 Å². The van der Waals surface area contributed by atoms with Gasteiger partial charge in [-0.25, -0.2) is 0 Å². The van der Waals surface area contributed by atoms with Crippen LogP contribution in [0.25, 0.3) is 11.5 Å². The van der Waals surface area contributed by atoms with Crippen molar-refractivity contribution in [2.24, 2.45) is 0 Å². The van der Waals surface area contributed by atoms with Gasteiger partial charge < -0.3 is 4.42 Å². The fourth-order valence-electron chi connectivity index (χ4n) is 0.995. The van der Waals surface area contributed by atoms with Gasteiger partial charge in [0.2, 0.25) is 5.89 Å². The third-order valence-corrected chi connectivity index (χ3v) is 2.34. The maximum absolute atomic E-state index is 5.95. The van der Waals surface area contributed by atoms with E-state index in [-0.39, 0.29) is 0 Å². The summed E-state index contributed by atoms with van der Waals surface area (Å²) in [6.07, 6.45) is 0. The molecule has 69 valence electrons. The number of nitrogens with zero attached hydrogens (tertiary/aromatic N) is 2. The van der Waals surface area contributed by atoms with E-state index in [1.165, 1.54) is 0 Å². The lowest BCUT2D eigenvalue weighted by Crippen LogP contribution is -2.00. The predicted octanol–water partition coefficient (Wildman–Crippen LogP) is 1.84. The van der Waals surface area contributed by atoms with Crippen LogP contribution in [-0.2, 0) is 0 Å². The van der Waals surface area contributed by atoms with Crippen molar-refractivity contribution in [3.63, 3.8) is 0 Å². The standard InChI is InChI=1S/C8H3Cl2N2OSi/c9-4-1-2-5(6(10)3-4)7-11-12-8(14)13-7/h1-3H. The molecule has 0 unspecified atom stereocenters. The second kappa shape index (κ2) is 3.72. The Hall–Kier alpha value is -0.843. The minimum Gasteiger partial charge on any atom is -0.427 e. The summed E-state index contributed by atoms with van der Waals surface area (Å²) in [7, 11) is 3.11. The maximum Gasteiger partial charge on any atom is 0.248 e. The Morgan fingerprint density at radius 1 is 1.21 bits per heavy atom. The molecule has 0 aliphatic carbocycles. The van der Waals surface area contributed by atoms with E-state index < -0.39 is 0 Å². The van der Waals surface area contributed by atoms with Gasteiger partial charge in [-0.1, -0.05) is 23.2 Å². The summed E-state index contributed by atoms with van der Waals surface area (Å²) in [6, 6.07) is 5.06. The lowest BCUT2D eigenvalue weighted by Gasteiger charge is -1.98. The topological polar surface area (TPSA) is 38.9 Å². The first kappa shape index (κ1) is 9.70. The largest absolute Gasteiger partial charge is 0.427 e. The number of halogens is 2. The minimum atomic E-state index is 0.311. The number of benzene rings is 1. The summed E-state index contributed by atoms with van der Waals surface area (Å²) in [4.78, 5) is 0. The highest BCUT2D eigenvalue weighted by atomic mass is 35.5. The van der Waals surface area contributed by atoms with Gasteiger partial charge in [-0.2, -0.15) is 0 Å². The van der Waals surface area contributed by atoms with E-state index in [1.54, 1.807) is 18.2 Å². The van der Waals surface area contributed by atoms with E-state index in [4.69, 9.17) is 27.6 Å². The van der Waals surface area contributed by atoms with E-state index in [9.17, 15) is 0 Å². The molecular formula is C8H3Cl2N2OSi. The molecule has 0 aliphatic rings. The minimum absolute atomic E-state index is 0.311. The quantitative estimate of drug-likeness (QED) is 0.716. The molecule has 1 aromatic heterocycles. The van der Waals surface area contributed by atoms with Crippen LogP contribution in [0.5, 0.6) is 0 Å². The Morgan fingerprint density at radius 3 is 2.57 bits per heavy atom. The van der Waals surface area contributed by atoms with Crippen molar-refractivity contribution in [1.29, 1.82) is 0 Å². The molecule has 0 spiro atoms. The molecule has 0 bridgehead atoms. The summed E-state index contributed by atoms with van der Waals surface area (Å²) in [5.41, 5.74) is 0.971. The van der Waals surface area contributed by atoms with Crippen LogP contribution in [0.15, 0.2) is 22.6 Å². The van der Waals surface area contributed by atoms with Gasteiger partial charge >= 0.3 is 0 Å². The first-order valence-electron chi connectivity index (χ1n) is 3.67. The molecule has 3 radical (unpaired) electrons. The van der Waals surface area contributed by atoms with Crippen molar-refractivity contribution >= 4 is 39.0 Å². The molecule has 0 amide bonds. The molecule has 0 saturated carbocycles. The first-order chi connectivity index (χ1) is 6.66. The van der Waals surface area contributed by atoms with Gasteiger partial charge in [0.1, 0.15) is 0 Å². The number of hydrogen-bond acceptors (Lipinski definition) is 3. The van der Waals surface area contributed by atoms with Crippen LogP contribution in [0.2, 0.25) is 10.0 Å². The Bertz CT molecular complexity index is 472. The summed E-state index contributed by atoms with van der Waals surface area (Å²) in [6.45, 7) is 0. The van der Waals surface area contributed by atoms with Crippen molar-refractivity contribution in [3.8, 4) is 11.5 Å².